The topological polar surface area (TPSA) is 68.2 Å². The number of carbonyl (C=O) groups excluding carboxylic acids is 1. The summed E-state index contributed by atoms with van der Waals surface area (Å²) in [5.74, 6) is 0.470. The van der Waals surface area contributed by atoms with E-state index in [-0.39, 0.29) is 17.5 Å². The average molecular weight is 342 g/mol. The van der Waals surface area contributed by atoms with Gasteiger partial charge in [-0.1, -0.05) is 26.0 Å². The quantitative estimate of drug-likeness (QED) is 0.821. The number of nitrogens with one attached hydrogen (secondary N) is 2. The van der Waals surface area contributed by atoms with Gasteiger partial charge in [0.25, 0.3) is 0 Å². The highest BCUT2D eigenvalue weighted by atomic mass is 16.5. The summed E-state index contributed by atoms with van der Waals surface area (Å²) in [6.07, 6.45) is 4.08. The van der Waals surface area contributed by atoms with Crippen molar-refractivity contribution in [3.8, 4) is 0 Å². The van der Waals surface area contributed by atoms with Gasteiger partial charge in [-0.3, -0.25) is 0 Å². The van der Waals surface area contributed by atoms with Crippen LogP contribution in [0.4, 0.5) is 4.79 Å². The maximum absolute atomic E-state index is 12.2. The number of hydrogen-bond donors (Lipinski definition) is 2. The zero-order valence-electron chi connectivity index (χ0n) is 14.9. The first-order valence-electron chi connectivity index (χ1n) is 9.13. The number of amides is 2. The SMILES string of the molecule is CC1(C)[C@H](NC(=O)NCCCn2cnc3ccccc32)[C@H]2CCO[C@H]21. The highest BCUT2D eigenvalue weighted by Gasteiger charge is 2.59. The van der Waals surface area contributed by atoms with Gasteiger partial charge < -0.3 is 19.9 Å². The molecule has 2 amide bonds. The zero-order chi connectivity index (χ0) is 17.4. The van der Waals surface area contributed by atoms with Crippen LogP contribution in [-0.2, 0) is 11.3 Å². The third kappa shape index (κ3) is 2.88. The number of aryl methyl sites for hydroxylation is 1. The van der Waals surface area contributed by atoms with Crippen molar-refractivity contribution in [3.63, 3.8) is 0 Å². The molecule has 0 radical (unpaired) electrons. The van der Waals surface area contributed by atoms with Gasteiger partial charge in [0.15, 0.2) is 0 Å². The molecule has 1 saturated heterocycles. The van der Waals surface area contributed by atoms with Gasteiger partial charge in [0, 0.05) is 37.1 Å². The molecule has 134 valence electrons. The van der Waals surface area contributed by atoms with E-state index in [0.29, 0.717) is 18.6 Å². The van der Waals surface area contributed by atoms with Gasteiger partial charge in [0.2, 0.25) is 0 Å². The molecule has 1 aliphatic heterocycles. The van der Waals surface area contributed by atoms with Crippen molar-refractivity contribution in [1.82, 2.24) is 20.2 Å². The number of rotatable bonds is 5. The lowest BCUT2D eigenvalue weighted by Crippen LogP contribution is -2.67. The molecule has 1 aliphatic carbocycles. The monoisotopic (exact) mass is 342 g/mol. The minimum absolute atomic E-state index is 0.0221. The summed E-state index contributed by atoms with van der Waals surface area (Å²) < 4.78 is 7.90. The number of ether oxygens (including phenoxy) is 1. The highest BCUT2D eigenvalue weighted by molar-refractivity contribution is 5.75. The molecule has 6 nitrogen and oxygen atoms in total. The zero-order valence-corrected chi connectivity index (χ0v) is 14.9. The summed E-state index contributed by atoms with van der Waals surface area (Å²) >= 11 is 0. The van der Waals surface area contributed by atoms with Crippen LogP contribution in [0.15, 0.2) is 30.6 Å². The molecule has 0 bridgehead atoms. The van der Waals surface area contributed by atoms with Crippen molar-refractivity contribution in [1.29, 1.82) is 0 Å². The number of hydrogen-bond acceptors (Lipinski definition) is 3. The van der Waals surface area contributed by atoms with Crippen LogP contribution in [-0.4, -0.2) is 40.9 Å². The first-order valence-corrected chi connectivity index (χ1v) is 9.13. The van der Waals surface area contributed by atoms with Crippen LogP contribution in [0.5, 0.6) is 0 Å². The van der Waals surface area contributed by atoms with Crippen molar-refractivity contribution < 1.29 is 9.53 Å². The van der Waals surface area contributed by atoms with E-state index in [0.717, 1.165) is 37.0 Å². The lowest BCUT2D eigenvalue weighted by molar-refractivity contribution is -0.108. The Balaban J connectivity index is 1.23. The lowest BCUT2D eigenvalue weighted by atomic mass is 9.57. The highest BCUT2D eigenvalue weighted by Crippen LogP contribution is 2.51. The summed E-state index contributed by atoms with van der Waals surface area (Å²) in [6.45, 7) is 6.66. The van der Waals surface area contributed by atoms with E-state index >= 15 is 0 Å². The number of nitrogens with zero attached hydrogens (tertiary/aromatic N) is 2. The molecule has 1 aromatic heterocycles. The second kappa shape index (κ2) is 6.33. The predicted molar refractivity (Wildman–Crippen MR) is 96.3 cm³/mol. The molecular formula is C19H26N4O2. The third-order valence-electron chi connectivity index (χ3n) is 5.78. The Morgan fingerprint density at radius 1 is 1.40 bits per heavy atom. The van der Waals surface area contributed by atoms with E-state index in [1.807, 2.05) is 24.5 Å². The minimum atomic E-state index is -0.0704. The van der Waals surface area contributed by atoms with Crippen LogP contribution in [0.2, 0.25) is 0 Å². The molecule has 25 heavy (non-hydrogen) atoms. The van der Waals surface area contributed by atoms with Crippen molar-refractivity contribution in [3.05, 3.63) is 30.6 Å². The van der Waals surface area contributed by atoms with Crippen LogP contribution < -0.4 is 10.6 Å². The van der Waals surface area contributed by atoms with E-state index in [2.05, 4.69) is 40.1 Å². The van der Waals surface area contributed by atoms with Gasteiger partial charge in [-0.25, -0.2) is 9.78 Å². The van der Waals surface area contributed by atoms with Gasteiger partial charge in [-0.05, 0) is 25.0 Å². The summed E-state index contributed by atoms with van der Waals surface area (Å²) in [5.41, 5.74) is 2.16. The Kier molecular flexibility index (Phi) is 4.15. The number of fused-ring (bicyclic) bond motifs is 2. The van der Waals surface area contributed by atoms with Gasteiger partial charge in [-0.2, -0.15) is 0 Å². The summed E-state index contributed by atoms with van der Waals surface area (Å²) in [6, 6.07) is 8.23. The number of aromatic nitrogens is 2. The van der Waals surface area contributed by atoms with Crippen molar-refractivity contribution in [2.24, 2.45) is 11.3 Å². The van der Waals surface area contributed by atoms with Crippen LogP contribution in [0, 0.1) is 11.3 Å². The number of carbonyl (C=O) groups is 1. The summed E-state index contributed by atoms with van der Waals surface area (Å²) in [7, 11) is 0. The van der Waals surface area contributed by atoms with Crippen LogP contribution in [0.1, 0.15) is 26.7 Å². The molecule has 2 fully saturated rings. The van der Waals surface area contributed by atoms with Crippen LogP contribution >= 0.6 is 0 Å². The third-order valence-corrected chi connectivity index (χ3v) is 5.78. The second-order valence-electron chi connectivity index (χ2n) is 7.72. The smallest absolute Gasteiger partial charge is 0.315 e. The maximum atomic E-state index is 12.2. The van der Waals surface area contributed by atoms with E-state index < -0.39 is 0 Å². The first kappa shape index (κ1) is 16.4. The molecule has 2 aliphatic rings. The predicted octanol–water partition coefficient (Wildman–Crippen LogP) is 2.54. The molecule has 0 unspecified atom stereocenters. The second-order valence-corrected chi connectivity index (χ2v) is 7.72. The van der Waals surface area contributed by atoms with E-state index in [1.54, 1.807) is 0 Å². The summed E-state index contributed by atoms with van der Waals surface area (Å²) in [5, 5.41) is 6.14. The molecule has 2 aromatic rings. The van der Waals surface area contributed by atoms with Gasteiger partial charge in [0.05, 0.1) is 23.5 Å². The van der Waals surface area contributed by atoms with Crippen molar-refractivity contribution in [2.45, 2.75) is 45.4 Å². The van der Waals surface area contributed by atoms with E-state index in [1.165, 1.54) is 0 Å². The fraction of sp³-hybridized carbons (Fsp3) is 0.579. The molecule has 1 saturated carbocycles. The number of benzene rings is 1. The number of urea groups is 1. The lowest BCUT2D eigenvalue weighted by Gasteiger charge is -2.54. The fourth-order valence-electron chi connectivity index (χ4n) is 4.45. The number of para-hydroxylation sites is 2. The van der Waals surface area contributed by atoms with Crippen LogP contribution in [0.3, 0.4) is 0 Å². The Hall–Kier alpha value is -2.08. The van der Waals surface area contributed by atoms with Crippen LogP contribution in [0.25, 0.3) is 11.0 Å². The molecule has 0 spiro atoms. The summed E-state index contributed by atoms with van der Waals surface area (Å²) in [4.78, 5) is 16.6. The fourth-order valence-corrected chi connectivity index (χ4v) is 4.45. The van der Waals surface area contributed by atoms with Crippen molar-refractivity contribution in [2.75, 3.05) is 13.2 Å². The standard InChI is InChI=1S/C19H26N4O2/c1-19(2)16(13-8-11-25-17(13)19)22-18(24)20-9-5-10-23-12-21-14-6-3-4-7-15(14)23/h3-4,6-7,12-13,16-17H,5,8-11H2,1-2H3,(H2,20,22,24)/t13-,16-,17-/m1/s1. The Labute approximate surface area is 147 Å². The average Bonchev–Trinajstić information content (AvgIpc) is 3.22. The van der Waals surface area contributed by atoms with E-state index in [4.69, 9.17) is 4.74 Å². The normalized spacial score (nSPS) is 26.9. The molecule has 2 heterocycles. The van der Waals surface area contributed by atoms with Gasteiger partial charge >= 0.3 is 6.03 Å². The Morgan fingerprint density at radius 3 is 3.12 bits per heavy atom. The molecule has 4 rings (SSSR count). The first-order chi connectivity index (χ1) is 12.1. The van der Waals surface area contributed by atoms with E-state index in [9.17, 15) is 4.79 Å². The molecule has 1 aromatic carbocycles. The van der Waals surface area contributed by atoms with Crippen molar-refractivity contribution >= 4 is 17.1 Å². The van der Waals surface area contributed by atoms with Gasteiger partial charge in [0.1, 0.15) is 0 Å². The molecule has 3 atom stereocenters. The molecular weight excluding hydrogens is 316 g/mol. The largest absolute Gasteiger partial charge is 0.377 e. The Morgan fingerprint density at radius 2 is 2.24 bits per heavy atom. The Bertz CT molecular complexity index is 770. The molecule has 6 heteroatoms. The van der Waals surface area contributed by atoms with Gasteiger partial charge in [-0.15, -0.1) is 0 Å². The minimum Gasteiger partial charge on any atom is -0.377 e. The maximum Gasteiger partial charge on any atom is 0.315 e. The molecule has 2 N–H and O–H groups in total. The number of imidazole rings is 1.